The Hall–Kier alpha value is -2.86. The minimum absolute atomic E-state index is 0.0472. The first-order chi connectivity index (χ1) is 13.0. The molecule has 0 aliphatic carbocycles. The number of fused-ring (bicyclic) bond motifs is 1. The van der Waals surface area contributed by atoms with Gasteiger partial charge in [0.1, 0.15) is 35.4 Å². The molecule has 1 aliphatic heterocycles. The summed E-state index contributed by atoms with van der Waals surface area (Å²) in [7, 11) is 1.72. The largest absolute Gasteiger partial charge is 0.506 e. The van der Waals surface area contributed by atoms with Gasteiger partial charge in [-0.05, 0) is 12.1 Å². The van der Waals surface area contributed by atoms with Gasteiger partial charge in [0.2, 0.25) is 5.95 Å². The quantitative estimate of drug-likeness (QED) is 0.462. The van der Waals surface area contributed by atoms with Crippen LogP contribution in [0.2, 0.25) is 0 Å². The van der Waals surface area contributed by atoms with Gasteiger partial charge in [0.05, 0.1) is 25.3 Å². The second-order valence-corrected chi connectivity index (χ2v) is 6.19. The predicted octanol–water partition coefficient (Wildman–Crippen LogP) is -0.694. The van der Waals surface area contributed by atoms with Crippen molar-refractivity contribution in [1.82, 2.24) is 24.5 Å². The van der Waals surface area contributed by atoms with Crippen LogP contribution < -0.4 is 4.90 Å². The van der Waals surface area contributed by atoms with Crippen molar-refractivity contribution < 1.29 is 25.2 Å². The summed E-state index contributed by atoms with van der Waals surface area (Å²) in [5.74, 6) is 0.881. The van der Waals surface area contributed by atoms with Crippen LogP contribution in [0.4, 0.5) is 11.8 Å². The number of imidazole rings is 1. The summed E-state index contributed by atoms with van der Waals surface area (Å²) in [6.07, 6.45) is -0.0330. The van der Waals surface area contributed by atoms with E-state index >= 15 is 0 Å². The molecule has 3 aromatic rings. The smallest absolute Gasteiger partial charge is 0.232 e. The molecule has 0 amide bonds. The van der Waals surface area contributed by atoms with Crippen molar-refractivity contribution in [1.29, 1.82) is 0 Å². The Bertz CT molecular complexity index is 948. The molecule has 0 bridgehead atoms. The van der Waals surface area contributed by atoms with Gasteiger partial charge in [0.25, 0.3) is 0 Å². The molecule has 142 valence electrons. The third kappa shape index (κ3) is 2.96. The molecule has 0 aromatic carbocycles. The van der Waals surface area contributed by atoms with Crippen LogP contribution in [-0.4, -0.2) is 76.9 Å². The van der Waals surface area contributed by atoms with E-state index in [1.807, 2.05) is 0 Å². The number of aromatic nitrogens is 5. The molecule has 4 atom stereocenters. The van der Waals surface area contributed by atoms with Crippen LogP contribution in [0.15, 0.2) is 30.9 Å². The summed E-state index contributed by atoms with van der Waals surface area (Å²) in [4.78, 5) is 18.6. The number of ether oxygens (including phenoxy) is 1. The third-order valence-electron chi connectivity index (χ3n) is 4.47. The Balaban J connectivity index is 1.70. The number of aliphatic hydroxyl groups is 3. The first kappa shape index (κ1) is 17.5. The zero-order valence-electron chi connectivity index (χ0n) is 14.3. The lowest BCUT2D eigenvalue weighted by Crippen LogP contribution is -2.33. The maximum Gasteiger partial charge on any atom is 0.232 e. The van der Waals surface area contributed by atoms with E-state index in [9.17, 15) is 20.4 Å². The van der Waals surface area contributed by atoms with Crippen LogP contribution >= 0.6 is 0 Å². The van der Waals surface area contributed by atoms with Crippen LogP contribution in [0.25, 0.3) is 11.2 Å². The van der Waals surface area contributed by atoms with Gasteiger partial charge >= 0.3 is 0 Å². The number of pyridine rings is 1. The van der Waals surface area contributed by atoms with Gasteiger partial charge in [-0.25, -0.2) is 15.0 Å². The van der Waals surface area contributed by atoms with Crippen molar-refractivity contribution in [2.75, 3.05) is 18.6 Å². The van der Waals surface area contributed by atoms with Gasteiger partial charge in [0, 0.05) is 7.05 Å². The lowest BCUT2D eigenvalue weighted by atomic mass is 10.1. The van der Waals surface area contributed by atoms with Gasteiger partial charge in [-0.3, -0.25) is 9.47 Å². The van der Waals surface area contributed by atoms with Crippen LogP contribution in [0.1, 0.15) is 6.23 Å². The van der Waals surface area contributed by atoms with Crippen molar-refractivity contribution >= 4 is 22.9 Å². The van der Waals surface area contributed by atoms with Gasteiger partial charge in [0.15, 0.2) is 11.9 Å². The highest BCUT2D eigenvalue weighted by Crippen LogP contribution is 2.31. The van der Waals surface area contributed by atoms with Crippen LogP contribution in [-0.2, 0) is 4.74 Å². The Morgan fingerprint density at radius 3 is 2.63 bits per heavy atom. The zero-order valence-corrected chi connectivity index (χ0v) is 14.3. The molecule has 0 saturated carbocycles. The molecule has 3 aromatic heterocycles. The van der Waals surface area contributed by atoms with Crippen molar-refractivity contribution in [3.63, 3.8) is 0 Å². The standard InChI is InChI=1S/C16H18N6O5/c1-21(11-3-2-8(24)4-17-11)16-18-5-9-14(20-16)22(7-19-9)15-13(26)12(25)10(6-23)27-15/h2-5,7,10,12-13,15,23-26H,6H2,1H3/t10-,12-,13-,15-/m1/s1. The fraction of sp³-hybridized carbons (Fsp3) is 0.375. The fourth-order valence-electron chi connectivity index (χ4n) is 2.95. The molecule has 27 heavy (non-hydrogen) atoms. The monoisotopic (exact) mass is 374 g/mol. The third-order valence-corrected chi connectivity index (χ3v) is 4.47. The second kappa shape index (κ2) is 6.70. The summed E-state index contributed by atoms with van der Waals surface area (Å²) in [5, 5.41) is 38.9. The predicted molar refractivity (Wildman–Crippen MR) is 92.3 cm³/mol. The maximum atomic E-state index is 10.3. The van der Waals surface area contributed by atoms with Gasteiger partial charge in [-0.1, -0.05) is 0 Å². The van der Waals surface area contributed by atoms with E-state index in [0.29, 0.717) is 22.9 Å². The molecule has 11 nitrogen and oxygen atoms in total. The maximum absolute atomic E-state index is 10.3. The van der Waals surface area contributed by atoms with E-state index < -0.39 is 31.1 Å². The molecule has 0 radical (unpaired) electrons. The summed E-state index contributed by atoms with van der Waals surface area (Å²) in [6.45, 7) is -0.420. The lowest BCUT2D eigenvalue weighted by Gasteiger charge is -2.18. The van der Waals surface area contributed by atoms with E-state index in [1.54, 1.807) is 18.0 Å². The summed E-state index contributed by atoms with van der Waals surface area (Å²) < 4.78 is 7.03. The molecule has 0 spiro atoms. The molecule has 4 N–H and O–H groups in total. The number of hydrogen-bond donors (Lipinski definition) is 4. The van der Waals surface area contributed by atoms with E-state index in [0.717, 1.165) is 0 Å². The summed E-state index contributed by atoms with van der Waals surface area (Å²) in [5.41, 5.74) is 0.865. The number of aliphatic hydroxyl groups excluding tert-OH is 3. The zero-order chi connectivity index (χ0) is 19.1. The molecule has 0 unspecified atom stereocenters. The number of aromatic hydroxyl groups is 1. The number of rotatable bonds is 4. The normalized spacial score (nSPS) is 25.2. The van der Waals surface area contributed by atoms with Crippen molar-refractivity contribution in [3.8, 4) is 5.75 Å². The molecule has 1 fully saturated rings. The Kier molecular flexibility index (Phi) is 4.36. The number of nitrogens with zero attached hydrogens (tertiary/aromatic N) is 6. The SMILES string of the molecule is CN(c1ccc(O)cn1)c1ncc2ncn([C@@H]3O[C@H](CO)[C@@H](O)[C@H]3O)c2n1. The van der Waals surface area contributed by atoms with Crippen LogP contribution in [0.5, 0.6) is 5.75 Å². The molecule has 4 rings (SSSR count). The highest BCUT2D eigenvalue weighted by Gasteiger charge is 2.43. The van der Waals surface area contributed by atoms with E-state index in [-0.39, 0.29) is 5.75 Å². The minimum Gasteiger partial charge on any atom is -0.506 e. The molecular formula is C16H18N6O5. The fourth-order valence-corrected chi connectivity index (χ4v) is 2.95. The minimum atomic E-state index is -1.24. The lowest BCUT2D eigenvalue weighted by molar-refractivity contribution is -0.0511. The highest BCUT2D eigenvalue weighted by molar-refractivity contribution is 5.72. The van der Waals surface area contributed by atoms with E-state index in [4.69, 9.17) is 4.74 Å². The van der Waals surface area contributed by atoms with Crippen LogP contribution in [0, 0.1) is 0 Å². The Morgan fingerprint density at radius 2 is 1.96 bits per heavy atom. The highest BCUT2D eigenvalue weighted by atomic mass is 16.6. The second-order valence-electron chi connectivity index (χ2n) is 6.19. The van der Waals surface area contributed by atoms with Crippen molar-refractivity contribution in [3.05, 3.63) is 30.9 Å². The first-order valence-electron chi connectivity index (χ1n) is 8.20. The van der Waals surface area contributed by atoms with Crippen LogP contribution in [0.3, 0.4) is 0 Å². The summed E-state index contributed by atoms with van der Waals surface area (Å²) >= 11 is 0. The van der Waals surface area contributed by atoms with Crippen molar-refractivity contribution in [2.24, 2.45) is 0 Å². The summed E-state index contributed by atoms with van der Waals surface area (Å²) in [6, 6.07) is 3.12. The van der Waals surface area contributed by atoms with Gasteiger partial charge in [-0.15, -0.1) is 0 Å². The Labute approximate surface area is 153 Å². The van der Waals surface area contributed by atoms with Gasteiger partial charge in [-0.2, -0.15) is 4.98 Å². The molecule has 1 aliphatic rings. The van der Waals surface area contributed by atoms with Crippen molar-refractivity contribution in [2.45, 2.75) is 24.5 Å². The van der Waals surface area contributed by atoms with E-state index in [2.05, 4.69) is 19.9 Å². The Morgan fingerprint density at radius 1 is 1.15 bits per heavy atom. The average molecular weight is 374 g/mol. The molecule has 11 heteroatoms. The number of anilines is 2. The number of hydrogen-bond acceptors (Lipinski definition) is 10. The van der Waals surface area contributed by atoms with Gasteiger partial charge < -0.3 is 25.2 Å². The topological polar surface area (TPSA) is 150 Å². The molecular weight excluding hydrogens is 356 g/mol. The average Bonchev–Trinajstić information content (AvgIpc) is 3.22. The first-order valence-corrected chi connectivity index (χ1v) is 8.20. The molecule has 1 saturated heterocycles. The molecule has 4 heterocycles. The van der Waals surface area contributed by atoms with E-state index in [1.165, 1.54) is 29.4 Å².